The van der Waals surface area contributed by atoms with Gasteiger partial charge >= 0.3 is 0 Å². The minimum absolute atomic E-state index is 0.129. The maximum atomic E-state index is 13.1. The van der Waals surface area contributed by atoms with E-state index in [0.29, 0.717) is 18.5 Å². The third-order valence-electron chi connectivity index (χ3n) is 4.91. The second-order valence-corrected chi connectivity index (χ2v) is 6.56. The highest BCUT2D eigenvalue weighted by atomic mass is 16.5. The Labute approximate surface area is 142 Å². The molecule has 6 heteroatoms. The molecule has 1 aromatic rings. The van der Waals surface area contributed by atoms with E-state index in [1.807, 2.05) is 19.1 Å². The molecule has 1 fully saturated rings. The number of amides is 2. The number of nitrogens with zero attached hydrogens (tertiary/aromatic N) is 1. The van der Waals surface area contributed by atoms with E-state index in [9.17, 15) is 9.59 Å². The lowest BCUT2D eigenvalue weighted by Gasteiger charge is -2.36. The first kappa shape index (κ1) is 16.8. The molecular weight excluding hydrogens is 308 g/mol. The highest BCUT2D eigenvalue weighted by molar-refractivity contribution is 6.00. The normalized spacial score (nSPS) is 25.3. The van der Waals surface area contributed by atoms with Crippen molar-refractivity contribution in [1.29, 1.82) is 0 Å². The lowest BCUT2D eigenvalue weighted by molar-refractivity contribution is -0.133. The van der Waals surface area contributed by atoms with Crippen LogP contribution in [0, 0.1) is 0 Å². The summed E-state index contributed by atoms with van der Waals surface area (Å²) in [5.74, 6) is 0.541. The van der Waals surface area contributed by atoms with E-state index < -0.39 is 5.54 Å². The molecule has 2 amide bonds. The van der Waals surface area contributed by atoms with Crippen LogP contribution in [-0.4, -0.2) is 55.7 Å². The van der Waals surface area contributed by atoms with Crippen LogP contribution in [0.4, 0.5) is 0 Å². The Morgan fingerprint density at radius 2 is 2.25 bits per heavy atom. The number of fused-ring (bicyclic) bond motifs is 1. The summed E-state index contributed by atoms with van der Waals surface area (Å²) in [4.78, 5) is 27.2. The largest absolute Gasteiger partial charge is 0.490 e. The summed E-state index contributed by atoms with van der Waals surface area (Å²) < 4.78 is 11.0. The highest BCUT2D eigenvalue weighted by Gasteiger charge is 2.49. The van der Waals surface area contributed by atoms with Crippen LogP contribution in [0.2, 0.25) is 0 Å². The summed E-state index contributed by atoms with van der Waals surface area (Å²) in [7, 11) is 3.15. The maximum Gasteiger partial charge on any atom is 0.254 e. The molecule has 6 nitrogen and oxygen atoms in total. The Hall–Kier alpha value is -2.08. The molecule has 1 aromatic carbocycles. The quantitative estimate of drug-likeness (QED) is 0.904. The number of carbonyl (C=O) groups is 2. The second-order valence-electron chi connectivity index (χ2n) is 6.56. The van der Waals surface area contributed by atoms with Gasteiger partial charge in [-0.15, -0.1) is 0 Å². The zero-order chi connectivity index (χ0) is 17.3. The van der Waals surface area contributed by atoms with Crippen molar-refractivity contribution in [3.63, 3.8) is 0 Å². The molecule has 2 unspecified atom stereocenters. The monoisotopic (exact) mass is 332 g/mol. The van der Waals surface area contributed by atoms with Gasteiger partial charge in [-0.3, -0.25) is 9.59 Å². The number of nitrogens with one attached hydrogen (secondary N) is 1. The van der Waals surface area contributed by atoms with Crippen molar-refractivity contribution >= 4 is 11.8 Å². The lowest BCUT2D eigenvalue weighted by atomic mass is 9.95. The van der Waals surface area contributed by atoms with E-state index in [0.717, 1.165) is 24.2 Å². The molecule has 0 spiro atoms. The van der Waals surface area contributed by atoms with E-state index in [-0.39, 0.29) is 24.5 Å². The summed E-state index contributed by atoms with van der Waals surface area (Å²) >= 11 is 0. The number of hydrogen-bond acceptors (Lipinski definition) is 4. The summed E-state index contributed by atoms with van der Waals surface area (Å²) in [6.07, 6.45) is 2.33. The Morgan fingerprint density at radius 1 is 1.46 bits per heavy atom. The number of benzene rings is 1. The van der Waals surface area contributed by atoms with E-state index >= 15 is 0 Å². The van der Waals surface area contributed by atoms with Gasteiger partial charge in [-0.05, 0) is 43.5 Å². The van der Waals surface area contributed by atoms with Crippen LogP contribution in [0.25, 0.3) is 0 Å². The van der Waals surface area contributed by atoms with Crippen LogP contribution in [0.5, 0.6) is 5.75 Å². The zero-order valence-electron chi connectivity index (χ0n) is 14.4. The Balaban J connectivity index is 1.91. The van der Waals surface area contributed by atoms with Crippen molar-refractivity contribution in [2.24, 2.45) is 0 Å². The van der Waals surface area contributed by atoms with Gasteiger partial charge in [0.15, 0.2) is 0 Å². The standard InChI is InChI=1S/C18H24N2O4/c1-12-9-14-10-13(5-6-15(14)24-12)16(21)20-8-4-7-18(20,11-23-3)17(22)19-2/h5-6,10,12H,4,7-9,11H2,1-3H3,(H,19,22). The molecule has 2 atom stereocenters. The first-order chi connectivity index (χ1) is 11.5. The van der Waals surface area contributed by atoms with Gasteiger partial charge in [0.2, 0.25) is 5.91 Å². The predicted octanol–water partition coefficient (Wildman–Crippen LogP) is 1.38. The van der Waals surface area contributed by atoms with Crippen LogP contribution >= 0.6 is 0 Å². The Bertz CT molecular complexity index is 660. The fraction of sp³-hybridized carbons (Fsp3) is 0.556. The minimum Gasteiger partial charge on any atom is -0.490 e. The topological polar surface area (TPSA) is 67.9 Å². The molecule has 0 radical (unpaired) electrons. The van der Waals surface area contributed by atoms with Gasteiger partial charge in [0.1, 0.15) is 17.4 Å². The van der Waals surface area contributed by atoms with Crippen molar-refractivity contribution in [2.45, 2.75) is 37.8 Å². The molecule has 0 saturated carbocycles. The summed E-state index contributed by atoms with van der Waals surface area (Å²) in [6.45, 7) is 2.76. The molecular formula is C18H24N2O4. The highest BCUT2D eigenvalue weighted by Crippen LogP contribution is 2.34. The van der Waals surface area contributed by atoms with Crippen LogP contribution in [-0.2, 0) is 16.0 Å². The van der Waals surface area contributed by atoms with Gasteiger partial charge in [0.05, 0.1) is 6.61 Å². The molecule has 130 valence electrons. The predicted molar refractivity (Wildman–Crippen MR) is 89.2 cm³/mol. The van der Waals surface area contributed by atoms with Gasteiger partial charge in [0, 0.05) is 32.7 Å². The van der Waals surface area contributed by atoms with Crippen LogP contribution in [0.15, 0.2) is 18.2 Å². The number of carbonyl (C=O) groups excluding carboxylic acids is 2. The van der Waals surface area contributed by atoms with Crippen molar-refractivity contribution in [3.05, 3.63) is 29.3 Å². The van der Waals surface area contributed by atoms with E-state index in [4.69, 9.17) is 9.47 Å². The first-order valence-corrected chi connectivity index (χ1v) is 8.34. The number of likely N-dealkylation sites (tertiary alicyclic amines) is 1. The number of hydrogen-bond donors (Lipinski definition) is 1. The fourth-order valence-electron chi connectivity index (χ4n) is 3.81. The van der Waals surface area contributed by atoms with Gasteiger partial charge < -0.3 is 19.7 Å². The Kier molecular flexibility index (Phi) is 4.49. The van der Waals surface area contributed by atoms with Gasteiger partial charge in [-0.25, -0.2) is 0 Å². The van der Waals surface area contributed by atoms with E-state index in [1.165, 1.54) is 0 Å². The molecule has 0 aliphatic carbocycles. The van der Waals surface area contributed by atoms with Gasteiger partial charge in [-0.1, -0.05) is 0 Å². The molecule has 0 bridgehead atoms. The summed E-state index contributed by atoms with van der Waals surface area (Å²) in [5, 5.41) is 2.68. The van der Waals surface area contributed by atoms with Crippen LogP contribution < -0.4 is 10.1 Å². The molecule has 1 saturated heterocycles. The number of likely N-dealkylation sites (N-methyl/N-ethyl adjacent to an activating group) is 1. The van der Waals surface area contributed by atoms with Crippen molar-refractivity contribution < 1.29 is 19.1 Å². The van der Waals surface area contributed by atoms with E-state index in [2.05, 4.69) is 5.32 Å². The van der Waals surface area contributed by atoms with E-state index in [1.54, 1.807) is 25.1 Å². The molecule has 0 aromatic heterocycles. The first-order valence-electron chi connectivity index (χ1n) is 8.34. The smallest absolute Gasteiger partial charge is 0.254 e. The van der Waals surface area contributed by atoms with Crippen molar-refractivity contribution in [1.82, 2.24) is 10.2 Å². The lowest BCUT2D eigenvalue weighted by Crippen LogP contribution is -2.59. The van der Waals surface area contributed by atoms with Crippen molar-refractivity contribution in [2.75, 3.05) is 27.3 Å². The molecule has 1 N–H and O–H groups in total. The molecule has 24 heavy (non-hydrogen) atoms. The third kappa shape index (κ3) is 2.65. The van der Waals surface area contributed by atoms with Crippen LogP contribution in [0.1, 0.15) is 35.7 Å². The molecule has 2 aliphatic heterocycles. The zero-order valence-corrected chi connectivity index (χ0v) is 14.4. The SMILES string of the molecule is CNC(=O)C1(COC)CCCN1C(=O)c1ccc2c(c1)CC(C)O2. The third-order valence-corrected chi connectivity index (χ3v) is 4.91. The fourth-order valence-corrected chi connectivity index (χ4v) is 3.81. The average molecular weight is 332 g/mol. The number of ether oxygens (including phenoxy) is 2. The summed E-state index contributed by atoms with van der Waals surface area (Å²) in [5.41, 5.74) is 0.714. The van der Waals surface area contributed by atoms with Gasteiger partial charge in [0.25, 0.3) is 5.91 Å². The molecule has 2 heterocycles. The average Bonchev–Trinajstić information content (AvgIpc) is 3.16. The molecule has 3 rings (SSSR count). The van der Waals surface area contributed by atoms with Crippen molar-refractivity contribution in [3.8, 4) is 5.75 Å². The molecule has 2 aliphatic rings. The maximum absolute atomic E-state index is 13.1. The number of methoxy groups -OCH3 is 1. The number of rotatable bonds is 4. The summed E-state index contributed by atoms with van der Waals surface area (Å²) in [6, 6.07) is 5.51. The van der Waals surface area contributed by atoms with Crippen LogP contribution in [0.3, 0.4) is 0 Å². The Morgan fingerprint density at radius 3 is 2.96 bits per heavy atom. The second kappa shape index (κ2) is 6.43. The van der Waals surface area contributed by atoms with Gasteiger partial charge in [-0.2, -0.15) is 0 Å². The minimum atomic E-state index is -0.927.